The van der Waals surface area contributed by atoms with Gasteiger partial charge in [-0.15, -0.1) is 0 Å². The van der Waals surface area contributed by atoms with Crippen LogP contribution in [0.5, 0.6) is 0 Å². The molecule has 0 radical (unpaired) electrons. The van der Waals surface area contributed by atoms with Crippen molar-refractivity contribution in [3.63, 3.8) is 0 Å². The van der Waals surface area contributed by atoms with Gasteiger partial charge in [0.25, 0.3) is 0 Å². The lowest BCUT2D eigenvalue weighted by Crippen LogP contribution is -2.50. The van der Waals surface area contributed by atoms with Crippen LogP contribution < -0.4 is 10.6 Å². The van der Waals surface area contributed by atoms with Crippen molar-refractivity contribution < 1.29 is 4.74 Å². The van der Waals surface area contributed by atoms with E-state index in [2.05, 4.69) is 62.7 Å². The average Bonchev–Trinajstić information content (AvgIpc) is 2.81. The highest BCUT2D eigenvalue weighted by molar-refractivity contribution is 5.79. The second-order valence-corrected chi connectivity index (χ2v) is 8.77. The topological polar surface area (TPSA) is 52.1 Å². The second-order valence-electron chi connectivity index (χ2n) is 8.77. The summed E-state index contributed by atoms with van der Waals surface area (Å²) in [7, 11) is 3.66. The zero-order valence-electron chi connectivity index (χ0n) is 19.1. The van der Waals surface area contributed by atoms with Crippen molar-refractivity contribution in [1.82, 2.24) is 20.4 Å². The van der Waals surface area contributed by atoms with Crippen molar-refractivity contribution in [2.75, 3.05) is 60.0 Å². The van der Waals surface area contributed by atoms with Gasteiger partial charge < -0.3 is 20.3 Å². The Labute approximate surface area is 183 Å². The van der Waals surface area contributed by atoms with Crippen LogP contribution in [-0.2, 0) is 4.74 Å². The maximum Gasteiger partial charge on any atom is 0.191 e. The Balaban J connectivity index is 1.35. The molecule has 0 amide bonds. The Kier molecular flexibility index (Phi) is 9.43. The fraction of sp³-hybridized carbons (Fsp3) is 0.708. The number of ether oxygens (including phenoxy) is 1. The summed E-state index contributed by atoms with van der Waals surface area (Å²) in [6.45, 7) is 9.85. The van der Waals surface area contributed by atoms with Gasteiger partial charge >= 0.3 is 0 Å². The third-order valence-electron chi connectivity index (χ3n) is 6.80. The van der Waals surface area contributed by atoms with Gasteiger partial charge in [-0.25, -0.2) is 0 Å². The van der Waals surface area contributed by atoms with Crippen LogP contribution in [0.15, 0.2) is 35.3 Å². The molecule has 2 N–H and O–H groups in total. The average molecular weight is 416 g/mol. The van der Waals surface area contributed by atoms with Gasteiger partial charge in [-0.1, -0.05) is 30.3 Å². The van der Waals surface area contributed by atoms with Gasteiger partial charge in [-0.05, 0) is 57.2 Å². The first-order valence-electron chi connectivity index (χ1n) is 11.7. The molecule has 0 bridgehead atoms. The molecule has 1 atom stereocenters. The number of likely N-dealkylation sites (tertiary alicyclic amines) is 2. The van der Waals surface area contributed by atoms with Gasteiger partial charge in [0.1, 0.15) is 0 Å². The maximum atomic E-state index is 5.20. The van der Waals surface area contributed by atoms with Crippen molar-refractivity contribution in [3.8, 4) is 0 Å². The largest absolute Gasteiger partial charge is 0.383 e. The predicted molar refractivity (Wildman–Crippen MR) is 125 cm³/mol. The van der Waals surface area contributed by atoms with E-state index in [9.17, 15) is 0 Å². The molecular formula is C24H41N5O. The van der Waals surface area contributed by atoms with Crippen molar-refractivity contribution in [2.24, 2.45) is 10.9 Å². The molecule has 2 fully saturated rings. The number of guanidine groups is 1. The molecule has 2 heterocycles. The van der Waals surface area contributed by atoms with Crippen LogP contribution >= 0.6 is 0 Å². The first-order chi connectivity index (χ1) is 14.7. The lowest BCUT2D eigenvalue weighted by molar-refractivity contribution is 0.120. The molecule has 2 aliphatic rings. The van der Waals surface area contributed by atoms with Gasteiger partial charge in [0.15, 0.2) is 5.96 Å². The van der Waals surface area contributed by atoms with Crippen LogP contribution in [0.4, 0.5) is 0 Å². The molecule has 2 aliphatic heterocycles. The molecule has 1 aromatic rings. The van der Waals surface area contributed by atoms with Crippen LogP contribution in [0.3, 0.4) is 0 Å². The van der Waals surface area contributed by atoms with E-state index in [1.54, 1.807) is 7.11 Å². The molecule has 1 unspecified atom stereocenters. The minimum absolute atomic E-state index is 0.486. The fourth-order valence-corrected chi connectivity index (χ4v) is 4.64. The lowest BCUT2D eigenvalue weighted by atomic mass is 9.97. The predicted octanol–water partition coefficient (Wildman–Crippen LogP) is 2.74. The fourth-order valence-electron chi connectivity index (χ4n) is 4.64. The highest BCUT2D eigenvalue weighted by Crippen LogP contribution is 2.24. The van der Waals surface area contributed by atoms with E-state index >= 15 is 0 Å². The van der Waals surface area contributed by atoms with Gasteiger partial charge in [0.2, 0.25) is 0 Å². The maximum absolute atomic E-state index is 5.20. The molecule has 0 spiro atoms. The Morgan fingerprint density at radius 2 is 1.80 bits per heavy atom. The molecule has 1 aromatic carbocycles. The molecule has 2 saturated heterocycles. The Morgan fingerprint density at radius 3 is 2.43 bits per heavy atom. The summed E-state index contributed by atoms with van der Waals surface area (Å²) >= 11 is 0. The summed E-state index contributed by atoms with van der Waals surface area (Å²) in [6, 6.07) is 11.8. The van der Waals surface area contributed by atoms with E-state index in [0.29, 0.717) is 12.1 Å². The van der Waals surface area contributed by atoms with Crippen molar-refractivity contribution >= 4 is 5.96 Å². The number of hydrogen-bond acceptors (Lipinski definition) is 4. The molecule has 6 heteroatoms. The summed E-state index contributed by atoms with van der Waals surface area (Å²) in [6.07, 6.45) is 4.83. The highest BCUT2D eigenvalue weighted by atomic mass is 16.5. The minimum atomic E-state index is 0.486. The molecule has 168 valence electrons. The molecule has 6 nitrogen and oxygen atoms in total. The molecule has 0 aromatic heterocycles. The van der Waals surface area contributed by atoms with Crippen molar-refractivity contribution in [1.29, 1.82) is 0 Å². The molecule has 0 aliphatic carbocycles. The van der Waals surface area contributed by atoms with Gasteiger partial charge in [-0.2, -0.15) is 0 Å². The van der Waals surface area contributed by atoms with Crippen LogP contribution in [-0.4, -0.2) is 81.8 Å². The molecule has 3 rings (SSSR count). The van der Waals surface area contributed by atoms with Crippen LogP contribution in [0.1, 0.15) is 44.2 Å². The first kappa shape index (κ1) is 23.0. The van der Waals surface area contributed by atoms with Crippen LogP contribution in [0.2, 0.25) is 0 Å². The van der Waals surface area contributed by atoms with Crippen LogP contribution in [0, 0.1) is 5.92 Å². The van der Waals surface area contributed by atoms with E-state index in [4.69, 9.17) is 4.74 Å². The normalized spacial score (nSPS) is 21.5. The molecule has 0 saturated carbocycles. The number of methoxy groups -OCH3 is 1. The Morgan fingerprint density at radius 1 is 1.10 bits per heavy atom. The third-order valence-corrected chi connectivity index (χ3v) is 6.80. The summed E-state index contributed by atoms with van der Waals surface area (Å²) in [5, 5.41) is 7.25. The van der Waals surface area contributed by atoms with E-state index in [0.717, 1.165) is 57.5 Å². The zero-order chi connectivity index (χ0) is 21.2. The third kappa shape index (κ3) is 6.96. The summed E-state index contributed by atoms with van der Waals surface area (Å²) in [4.78, 5) is 9.59. The number of nitrogens with zero attached hydrogens (tertiary/aromatic N) is 3. The van der Waals surface area contributed by atoms with Crippen LogP contribution in [0.25, 0.3) is 0 Å². The summed E-state index contributed by atoms with van der Waals surface area (Å²) in [5.41, 5.74) is 1.41. The smallest absolute Gasteiger partial charge is 0.191 e. The number of aliphatic imine (C=N–C) groups is 1. The number of rotatable bonds is 8. The summed E-state index contributed by atoms with van der Waals surface area (Å²) < 4.78 is 5.20. The number of benzene rings is 1. The SMILES string of the molecule is CN=C(NCC1CCN(CCOC)CC1)NC1CCN(C(C)c2ccccc2)CC1. The zero-order valence-corrected chi connectivity index (χ0v) is 19.1. The molecule has 30 heavy (non-hydrogen) atoms. The van der Waals surface area contributed by atoms with Gasteiger partial charge in [-0.3, -0.25) is 9.89 Å². The van der Waals surface area contributed by atoms with Crippen molar-refractivity contribution in [3.05, 3.63) is 35.9 Å². The molecular weight excluding hydrogens is 374 g/mol. The standard InChI is InChI=1S/C24H41N5O/c1-20(22-7-5-4-6-8-22)29-15-11-23(12-16-29)27-24(25-2)26-19-21-9-13-28(14-10-21)17-18-30-3/h4-8,20-21,23H,9-19H2,1-3H3,(H2,25,26,27). The Hall–Kier alpha value is -1.63. The highest BCUT2D eigenvalue weighted by Gasteiger charge is 2.24. The minimum Gasteiger partial charge on any atom is -0.383 e. The first-order valence-corrected chi connectivity index (χ1v) is 11.7. The number of nitrogens with one attached hydrogen (secondary N) is 2. The quantitative estimate of drug-likeness (QED) is 0.505. The summed E-state index contributed by atoms with van der Waals surface area (Å²) in [5.74, 6) is 1.70. The monoisotopic (exact) mass is 415 g/mol. The van der Waals surface area contributed by atoms with Crippen molar-refractivity contribution in [2.45, 2.75) is 44.7 Å². The number of piperidine rings is 2. The second kappa shape index (κ2) is 12.3. The van der Waals surface area contributed by atoms with E-state index < -0.39 is 0 Å². The van der Waals surface area contributed by atoms with Gasteiger partial charge in [0.05, 0.1) is 6.61 Å². The number of hydrogen-bond donors (Lipinski definition) is 2. The van der Waals surface area contributed by atoms with Gasteiger partial charge in [0, 0.05) is 52.4 Å². The lowest BCUT2D eigenvalue weighted by Gasteiger charge is -2.37. The van der Waals surface area contributed by atoms with E-state index in [1.165, 1.54) is 31.5 Å². The Bertz CT molecular complexity index is 622. The van der Waals surface area contributed by atoms with E-state index in [-0.39, 0.29) is 0 Å². The van der Waals surface area contributed by atoms with E-state index in [1.807, 2.05) is 7.05 Å².